The molecule has 1 amide bonds. The van der Waals surface area contributed by atoms with Crippen LogP contribution in [0.5, 0.6) is 0 Å². The molecule has 17 heavy (non-hydrogen) atoms. The van der Waals surface area contributed by atoms with Gasteiger partial charge in [0.1, 0.15) is 5.60 Å². The summed E-state index contributed by atoms with van der Waals surface area (Å²) in [6.07, 6.45) is -0.522. The lowest BCUT2D eigenvalue weighted by Crippen LogP contribution is -2.27. The predicted octanol–water partition coefficient (Wildman–Crippen LogP) is 4.43. The van der Waals surface area contributed by atoms with Gasteiger partial charge in [-0.1, -0.05) is 17.7 Å². The van der Waals surface area contributed by atoms with Crippen LogP contribution in [-0.2, 0) is 10.6 Å². The second-order valence-corrected chi connectivity index (χ2v) is 5.20. The Bertz CT molecular complexity index is 413. The molecule has 0 aliphatic carbocycles. The fraction of sp³-hybridized carbons (Fsp3) is 0.417. The number of ether oxygens (including phenoxy) is 1. The zero-order chi connectivity index (χ0) is 13.1. The molecule has 0 atom stereocenters. The van der Waals surface area contributed by atoms with Crippen LogP contribution < -0.4 is 5.32 Å². The molecule has 1 aromatic carbocycles. The average molecular weight is 276 g/mol. The number of benzene rings is 1. The van der Waals surface area contributed by atoms with Gasteiger partial charge in [0.05, 0.1) is 5.88 Å². The number of carbonyl (C=O) groups excluding carboxylic acids is 1. The fourth-order valence-electron chi connectivity index (χ4n) is 1.23. The molecular formula is C12H15Cl2NO2. The van der Waals surface area contributed by atoms with Gasteiger partial charge < -0.3 is 4.74 Å². The first-order chi connectivity index (χ1) is 7.83. The minimum absolute atomic E-state index is 0.227. The number of halogens is 2. The molecule has 0 aromatic heterocycles. The number of nitrogens with one attached hydrogen (secondary N) is 1. The van der Waals surface area contributed by atoms with Crippen molar-refractivity contribution >= 4 is 35.0 Å². The summed E-state index contributed by atoms with van der Waals surface area (Å²) >= 11 is 11.7. The molecule has 0 fully saturated rings. The first kappa shape index (κ1) is 14.1. The zero-order valence-corrected chi connectivity index (χ0v) is 11.5. The van der Waals surface area contributed by atoms with E-state index in [0.29, 0.717) is 16.3 Å². The van der Waals surface area contributed by atoms with Crippen LogP contribution in [0.2, 0.25) is 5.02 Å². The van der Waals surface area contributed by atoms with Crippen LogP contribution in [0.25, 0.3) is 0 Å². The van der Waals surface area contributed by atoms with E-state index in [1.165, 1.54) is 0 Å². The molecule has 0 unspecified atom stereocenters. The highest BCUT2D eigenvalue weighted by molar-refractivity contribution is 6.32. The highest BCUT2D eigenvalue weighted by atomic mass is 35.5. The third-order valence-corrected chi connectivity index (χ3v) is 2.51. The molecule has 1 rings (SSSR count). The van der Waals surface area contributed by atoms with Gasteiger partial charge in [0.25, 0.3) is 0 Å². The molecule has 0 aliphatic rings. The molecule has 1 aromatic rings. The predicted molar refractivity (Wildman–Crippen MR) is 70.9 cm³/mol. The van der Waals surface area contributed by atoms with Crippen LogP contribution in [0, 0.1) is 0 Å². The summed E-state index contributed by atoms with van der Waals surface area (Å²) in [5.74, 6) is 0.227. The van der Waals surface area contributed by atoms with Gasteiger partial charge >= 0.3 is 6.09 Å². The third kappa shape index (κ3) is 4.44. The first-order valence-electron chi connectivity index (χ1n) is 5.17. The maximum Gasteiger partial charge on any atom is 0.412 e. The summed E-state index contributed by atoms with van der Waals surface area (Å²) in [5, 5.41) is 3.15. The quantitative estimate of drug-likeness (QED) is 0.812. The van der Waals surface area contributed by atoms with Crippen molar-refractivity contribution in [2.75, 3.05) is 5.32 Å². The summed E-state index contributed by atoms with van der Waals surface area (Å²) in [6.45, 7) is 5.40. The minimum Gasteiger partial charge on any atom is -0.444 e. The molecule has 0 aliphatic heterocycles. The Labute approximate surface area is 111 Å². The van der Waals surface area contributed by atoms with Gasteiger partial charge in [-0.15, -0.1) is 11.6 Å². The standard InChI is InChI=1S/C12H15Cl2NO2/c1-12(2,3)17-11(16)15-10-6-4-5-9(14)8(10)7-13/h4-6H,7H2,1-3H3,(H,15,16). The number of anilines is 1. The zero-order valence-electron chi connectivity index (χ0n) is 10.0. The molecule has 0 heterocycles. The van der Waals surface area contributed by atoms with E-state index in [1.807, 2.05) is 0 Å². The Hall–Kier alpha value is -0.930. The summed E-state index contributed by atoms with van der Waals surface area (Å²) in [4.78, 5) is 11.6. The Morgan fingerprint density at radius 3 is 2.59 bits per heavy atom. The van der Waals surface area contributed by atoms with Crippen LogP contribution in [0.4, 0.5) is 10.5 Å². The first-order valence-corrected chi connectivity index (χ1v) is 6.08. The van der Waals surface area contributed by atoms with E-state index in [1.54, 1.807) is 39.0 Å². The second-order valence-electron chi connectivity index (χ2n) is 4.53. The fourth-order valence-corrected chi connectivity index (χ4v) is 1.82. The lowest BCUT2D eigenvalue weighted by Gasteiger charge is -2.20. The number of hydrogen-bond acceptors (Lipinski definition) is 2. The molecule has 0 radical (unpaired) electrons. The summed E-state index contributed by atoms with van der Waals surface area (Å²) in [7, 11) is 0. The molecule has 1 N–H and O–H groups in total. The highest BCUT2D eigenvalue weighted by Crippen LogP contribution is 2.26. The van der Waals surface area contributed by atoms with E-state index in [4.69, 9.17) is 27.9 Å². The van der Waals surface area contributed by atoms with Gasteiger partial charge in [0.15, 0.2) is 0 Å². The van der Waals surface area contributed by atoms with Gasteiger partial charge in [0.2, 0.25) is 0 Å². The highest BCUT2D eigenvalue weighted by Gasteiger charge is 2.17. The van der Waals surface area contributed by atoms with Crippen molar-refractivity contribution in [3.05, 3.63) is 28.8 Å². The van der Waals surface area contributed by atoms with Gasteiger partial charge in [-0.05, 0) is 32.9 Å². The summed E-state index contributed by atoms with van der Waals surface area (Å²) < 4.78 is 5.14. The van der Waals surface area contributed by atoms with Crippen molar-refractivity contribution in [1.29, 1.82) is 0 Å². The number of rotatable bonds is 2. The Morgan fingerprint density at radius 2 is 2.06 bits per heavy atom. The number of carbonyl (C=O) groups is 1. The normalized spacial score (nSPS) is 11.1. The second kappa shape index (κ2) is 5.61. The monoisotopic (exact) mass is 275 g/mol. The average Bonchev–Trinajstić information content (AvgIpc) is 2.14. The number of alkyl halides is 1. The van der Waals surface area contributed by atoms with E-state index < -0.39 is 11.7 Å². The largest absolute Gasteiger partial charge is 0.444 e. The van der Waals surface area contributed by atoms with Crippen molar-refractivity contribution in [2.24, 2.45) is 0 Å². The molecule has 0 bridgehead atoms. The molecular weight excluding hydrogens is 261 g/mol. The lowest BCUT2D eigenvalue weighted by molar-refractivity contribution is 0.0636. The Balaban J connectivity index is 2.82. The molecule has 0 spiro atoms. The van der Waals surface area contributed by atoms with Crippen molar-refractivity contribution in [1.82, 2.24) is 0 Å². The van der Waals surface area contributed by atoms with Crippen LogP contribution in [0.3, 0.4) is 0 Å². The van der Waals surface area contributed by atoms with Crippen LogP contribution in [0.15, 0.2) is 18.2 Å². The van der Waals surface area contributed by atoms with Gasteiger partial charge in [0, 0.05) is 16.3 Å². The maximum atomic E-state index is 11.6. The molecule has 0 saturated carbocycles. The SMILES string of the molecule is CC(C)(C)OC(=O)Nc1cccc(Cl)c1CCl. The Kier molecular flexibility index (Phi) is 4.66. The molecule has 0 saturated heterocycles. The molecule has 3 nitrogen and oxygen atoms in total. The van der Waals surface area contributed by atoms with Crippen molar-refractivity contribution in [3.8, 4) is 0 Å². The van der Waals surface area contributed by atoms with E-state index in [2.05, 4.69) is 5.32 Å². The van der Waals surface area contributed by atoms with Crippen molar-refractivity contribution in [3.63, 3.8) is 0 Å². The van der Waals surface area contributed by atoms with Crippen LogP contribution >= 0.6 is 23.2 Å². The van der Waals surface area contributed by atoms with E-state index in [-0.39, 0.29) is 5.88 Å². The lowest BCUT2D eigenvalue weighted by atomic mass is 10.2. The van der Waals surface area contributed by atoms with Gasteiger partial charge in [-0.25, -0.2) is 4.79 Å². The third-order valence-electron chi connectivity index (χ3n) is 1.89. The van der Waals surface area contributed by atoms with Crippen molar-refractivity contribution in [2.45, 2.75) is 32.3 Å². The van der Waals surface area contributed by atoms with Crippen molar-refractivity contribution < 1.29 is 9.53 Å². The van der Waals surface area contributed by atoms with Gasteiger partial charge in [-0.3, -0.25) is 5.32 Å². The van der Waals surface area contributed by atoms with Gasteiger partial charge in [-0.2, -0.15) is 0 Å². The summed E-state index contributed by atoms with van der Waals surface area (Å²) in [5.41, 5.74) is 0.715. The summed E-state index contributed by atoms with van der Waals surface area (Å²) in [6, 6.07) is 5.19. The van der Waals surface area contributed by atoms with E-state index in [9.17, 15) is 4.79 Å². The smallest absolute Gasteiger partial charge is 0.412 e. The Morgan fingerprint density at radius 1 is 1.41 bits per heavy atom. The number of hydrogen-bond donors (Lipinski definition) is 1. The van der Waals surface area contributed by atoms with E-state index in [0.717, 1.165) is 0 Å². The minimum atomic E-state index is -0.538. The topological polar surface area (TPSA) is 38.3 Å². The molecule has 5 heteroatoms. The maximum absolute atomic E-state index is 11.6. The molecule has 94 valence electrons. The van der Waals surface area contributed by atoms with Crippen LogP contribution in [-0.4, -0.2) is 11.7 Å². The van der Waals surface area contributed by atoms with Crippen LogP contribution in [0.1, 0.15) is 26.3 Å². The number of amides is 1. The van der Waals surface area contributed by atoms with E-state index >= 15 is 0 Å².